The zero-order chi connectivity index (χ0) is 24.9. The third-order valence-corrected chi connectivity index (χ3v) is 5.82. The molecule has 8 heteroatoms. The second kappa shape index (κ2) is 10.5. The fourth-order valence-electron chi connectivity index (χ4n) is 4.18. The number of urea groups is 1. The minimum atomic E-state index is -0.658. The van der Waals surface area contributed by atoms with Gasteiger partial charge in [-0.25, -0.2) is 4.79 Å². The molecule has 0 unspecified atom stereocenters. The Labute approximate surface area is 205 Å². The van der Waals surface area contributed by atoms with Gasteiger partial charge >= 0.3 is 6.03 Å². The molecule has 4 amide bonds. The summed E-state index contributed by atoms with van der Waals surface area (Å²) in [6, 6.07) is 15.7. The van der Waals surface area contributed by atoms with E-state index in [0.717, 1.165) is 5.56 Å². The van der Waals surface area contributed by atoms with Crippen LogP contribution in [0.25, 0.3) is 0 Å². The van der Waals surface area contributed by atoms with Crippen LogP contribution in [0.1, 0.15) is 25.5 Å². The fourth-order valence-corrected chi connectivity index (χ4v) is 4.18. The minimum Gasteiger partial charge on any atom is -0.457 e. The fraction of sp³-hybridized carbons (Fsp3) is 0.296. The van der Waals surface area contributed by atoms with Gasteiger partial charge in [0.2, 0.25) is 5.91 Å². The summed E-state index contributed by atoms with van der Waals surface area (Å²) in [4.78, 5) is 41.9. The Morgan fingerprint density at radius 3 is 2.63 bits per heavy atom. The molecule has 2 aromatic rings. The van der Waals surface area contributed by atoms with E-state index in [2.05, 4.69) is 17.2 Å². The lowest BCUT2D eigenvalue weighted by molar-refractivity contribution is -0.132. The average Bonchev–Trinajstić information content (AvgIpc) is 3.16. The quantitative estimate of drug-likeness (QED) is 0.544. The van der Waals surface area contributed by atoms with E-state index in [1.807, 2.05) is 68.4 Å². The highest BCUT2D eigenvalue weighted by atomic mass is 16.5. The smallest absolute Gasteiger partial charge is 0.322 e. The highest BCUT2D eigenvalue weighted by Crippen LogP contribution is 2.37. The van der Waals surface area contributed by atoms with E-state index in [4.69, 9.17) is 4.74 Å². The molecule has 182 valence electrons. The molecule has 8 nitrogen and oxygen atoms in total. The highest BCUT2D eigenvalue weighted by Gasteiger charge is 2.44. The molecule has 35 heavy (non-hydrogen) atoms. The van der Waals surface area contributed by atoms with E-state index < -0.39 is 6.04 Å². The van der Waals surface area contributed by atoms with Gasteiger partial charge in [-0.05, 0) is 35.7 Å². The first kappa shape index (κ1) is 24.1. The molecular weight excluding hydrogens is 444 g/mol. The van der Waals surface area contributed by atoms with Crippen molar-refractivity contribution in [2.75, 3.05) is 26.2 Å². The van der Waals surface area contributed by atoms with Crippen molar-refractivity contribution in [2.45, 2.75) is 19.9 Å². The third-order valence-electron chi connectivity index (χ3n) is 5.82. The molecule has 0 saturated carbocycles. The van der Waals surface area contributed by atoms with E-state index in [1.165, 1.54) is 9.80 Å². The number of benzene rings is 2. The molecule has 4 rings (SSSR count). The van der Waals surface area contributed by atoms with Crippen molar-refractivity contribution < 1.29 is 19.1 Å². The van der Waals surface area contributed by atoms with Crippen molar-refractivity contribution in [3.63, 3.8) is 0 Å². The first-order valence-electron chi connectivity index (χ1n) is 11.7. The van der Waals surface area contributed by atoms with Gasteiger partial charge in [0.05, 0.1) is 23.9 Å². The first-order chi connectivity index (χ1) is 16.9. The standard InChI is InChI=1S/C27H30N4O4/c1-4-13-31-22-16-30(17-23(32)28-15-18(2)3)26(33)24(22)25(29-27(31)34)19-9-8-12-21(14-19)35-20-10-6-5-7-11-20/h4-12,14,18,25H,1,13,15-17H2,2-3H3,(H,28,32)(H,29,34)/t25-/m1/s1. The van der Waals surface area contributed by atoms with E-state index in [1.54, 1.807) is 6.08 Å². The van der Waals surface area contributed by atoms with E-state index in [9.17, 15) is 14.4 Å². The molecule has 1 atom stereocenters. The van der Waals surface area contributed by atoms with Crippen molar-refractivity contribution in [2.24, 2.45) is 5.92 Å². The van der Waals surface area contributed by atoms with Crippen molar-refractivity contribution in [1.82, 2.24) is 20.4 Å². The lowest BCUT2D eigenvalue weighted by Gasteiger charge is -2.33. The Balaban J connectivity index is 1.61. The number of carbonyl (C=O) groups is 3. The largest absolute Gasteiger partial charge is 0.457 e. The van der Waals surface area contributed by atoms with Gasteiger partial charge in [-0.15, -0.1) is 6.58 Å². The lowest BCUT2D eigenvalue weighted by atomic mass is 9.95. The Bertz CT molecular complexity index is 1160. The second-order valence-electron chi connectivity index (χ2n) is 8.99. The molecule has 2 aliphatic rings. The maximum Gasteiger partial charge on any atom is 0.322 e. The maximum atomic E-state index is 13.5. The molecule has 0 radical (unpaired) electrons. The van der Waals surface area contributed by atoms with Gasteiger partial charge < -0.3 is 20.3 Å². The van der Waals surface area contributed by atoms with Crippen molar-refractivity contribution in [3.05, 3.63) is 84.1 Å². The van der Waals surface area contributed by atoms with Crippen LogP contribution >= 0.6 is 0 Å². The summed E-state index contributed by atoms with van der Waals surface area (Å²) >= 11 is 0. The second-order valence-corrected chi connectivity index (χ2v) is 8.99. The molecular formula is C27H30N4O4. The molecule has 0 aromatic heterocycles. The third kappa shape index (κ3) is 5.37. The zero-order valence-electron chi connectivity index (χ0n) is 20.0. The summed E-state index contributed by atoms with van der Waals surface area (Å²) in [5, 5.41) is 5.80. The summed E-state index contributed by atoms with van der Waals surface area (Å²) in [5.74, 6) is 1.09. The molecule has 0 saturated heterocycles. The Kier molecular flexibility index (Phi) is 7.19. The number of nitrogens with zero attached hydrogens (tertiary/aromatic N) is 2. The van der Waals surface area contributed by atoms with Crippen LogP contribution in [-0.2, 0) is 9.59 Å². The number of rotatable bonds is 9. The number of nitrogens with one attached hydrogen (secondary N) is 2. The van der Waals surface area contributed by atoms with Crippen molar-refractivity contribution in [3.8, 4) is 11.5 Å². The van der Waals surface area contributed by atoms with Gasteiger partial charge in [0.15, 0.2) is 0 Å². The van der Waals surface area contributed by atoms with Gasteiger partial charge in [0.1, 0.15) is 18.0 Å². The van der Waals surface area contributed by atoms with Crippen LogP contribution in [0.5, 0.6) is 11.5 Å². The summed E-state index contributed by atoms with van der Waals surface area (Å²) in [6.07, 6.45) is 1.61. The predicted molar refractivity (Wildman–Crippen MR) is 133 cm³/mol. The average molecular weight is 475 g/mol. The normalized spacial score (nSPS) is 17.4. The van der Waals surface area contributed by atoms with Crippen LogP contribution in [0.2, 0.25) is 0 Å². The predicted octanol–water partition coefficient (Wildman–Crippen LogP) is 3.60. The van der Waals surface area contributed by atoms with Crippen LogP contribution in [0.15, 0.2) is 78.5 Å². The van der Waals surface area contributed by atoms with Crippen molar-refractivity contribution >= 4 is 17.8 Å². The minimum absolute atomic E-state index is 0.0709. The van der Waals surface area contributed by atoms with Crippen LogP contribution in [0.4, 0.5) is 4.79 Å². The van der Waals surface area contributed by atoms with Crippen LogP contribution in [-0.4, -0.2) is 53.8 Å². The van der Waals surface area contributed by atoms with Crippen LogP contribution in [0.3, 0.4) is 0 Å². The lowest BCUT2D eigenvalue weighted by Crippen LogP contribution is -2.47. The van der Waals surface area contributed by atoms with Crippen LogP contribution < -0.4 is 15.4 Å². The molecule has 2 N–H and O–H groups in total. The number of carbonyl (C=O) groups excluding carboxylic acids is 3. The number of hydrogen-bond donors (Lipinski definition) is 2. The van der Waals surface area contributed by atoms with Crippen molar-refractivity contribution in [1.29, 1.82) is 0 Å². The number of para-hydroxylation sites is 1. The molecule has 2 aromatic carbocycles. The number of ether oxygens (including phenoxy) is 1. The number of hydrogen-bond acceptors (Lipinski definition) is 4. The summed E-state index contributed by atoms with van der Waals surface area (Å²) < 4.78 is 5.95. The van der Waals surface area contributed by atoms with Crippen LogP contribution in [0, 0.1) is 5.92 Å². The molecule has 0 fully saturated rings. The van der Waals surface area contributed by atoms with E-state index in [-0.39, 0.29) is 37.5 Å². The number of amides is 4. The SMILES string of the molecule is C=CCN1C(=O)N[C@H](c2cccc(Oc3ccccc3)c2)C2=C1CN(CC(=O)NCC(C)C)C2=O. The molecule has 0 aliphatic carbocycles. The maximum absolute atomic E-state index is 13.5. The van der Waals surface area contributed by atoms with Gasteiger partial charge in [-0.1, -0.05) is 50.3 Å². The summed E-state index contributed by atoms with van der Waals surface area (Å²) in [7, 11) is 0. The Morgan fingerprint density at radius 2 is 1.91 bits per heavy atom. The molecule has 2 heterocycles. The Morgan fingerprint density at radius 1 is 1.17 bits per heavy atom. The van der Waals surface area contributed by atoms with Gasteiger partial charge in [0.25, 0.3) is 5.91 Å². The summed E-state index contributed by atoms with van der Waals surface area (Å²) in [5.41, 5.74) is 1.77. The topological polar surface area (TPSA) is 91.0 Å². The molecule has 0 spiro atoms. The van der Waals surface area contributed by atoms with E-state index >= 15 is 0 Å². The van der Waals surface area contributed by atoms with E-state index in [0.29, 0.717) is 35.2 Å². The van der Waals surface area contributed by atoms with Gasteiger partial charge in [-0.3, -0.25) is 14.5 Å². The Hall–Kier alpha value is -4.07. The zero-order valence-corrected chi connectivity index (χ0v) is 20.0. The van der Waals surface area contributed by atoms with Gasteiger partial charge in [-0.2, -0.15) is 0 Å². The molecule has 2 aliphatic heterocycles. The highest BCUT2D eigenvalue weighted by molar-refractivity contribution is 6.03. The first-order valence-corrected chi connectivity index (χ1v) is 11.7. The summed E-state index contributed by atoms with van der Waals surface area (Å²) in [6.45, 7) is 8.65. The molecule has 0 bridgehead atoms. The monoisotopic (exact) mass is 474 g/mol. The van der Waals surface area contributed by atoms with Gasteiger partial charge in [0, 0.05) is 13.1 Å².